The van der Waals surface area contributed by atoms with E-state index in [0.717, 1.165) is 89.0 Å². The lowest BCUT2D eigenvalue weighted by Crippen LogP contribution is -2.38. The lowest BCUT2D eigenvalue weighted by Gasteiger charge is -2.41. The van der Waals surface area contributed by atoms with E-state index in [1.165, 1.54) is 6.07 Å². The Labute approximate surface area is 400 Å². The number of fused-ring (bicyclic) bond motifs is 3. The third kappa shape index (κ3) is 7.86. The molecule has 0 saturated carbocycles. The van der Waals surface area contributed by atoms with Gasteiger partial charge in [-0.15, -0.1) is 0 Å². The molecule has 4 nitrogen and oxygen atoms in total. The van der Waals surface area contributed by atoms with E-state index in [2.05, 4.69) is 158 Å². The van der Waals surface area contributed by atoms with E-state index in [0.29, 0.717) is 23.2 Å². The van der Waals surface area contributed by atoms with E-state index in [1.807, 2.05) is 84.9 Å². The minimum atomic E-state index is -1.05. The predicted molar refractivity (Wildman–Crippen MR) is 277 cm³/mol. The fraction of sp³-hybridized carbons (Fsp3) is 0.0156. The Morgan fingerprint density at radius 3 is 1.06 bits per heavy atom. The molecule has 0 radical (unpaired) electrons. The number of hydrogen-bond donors (Lipinski definition) is 0. The zero-order valence-corrected chi connectivity index (χ0v) is 37.4. The maximum atomic E-state index is 15.7. The van der Waals surface area contributed by atoms with Crippen LogP contribution in [0.3, 0.4) is 0 Å². The van der Waals surface area contributed by atoms with Crippen LogP contribution in [0.15, 0.2) is 255 Å². The molecule has 1 aliphatic rings. The third-order valence-corrected chi connectivity index (χ3v) is 13.0. The SMILES string of the molecule is Fc1ccc2c(c1)-c1cc(-c3nc(-c4cc(-c5ccccc5)cc(-c5ccccc5)c4)nc(-c4cc(-c5ccccc5)cc(-c5ccccc5)c4)n3)ccc1OC2(c1ccccc1)c1ccccc1. The van der Waals surface area contributed by atoms with Crippen LogP contribution in [0.2, 0.25) is 0 Å². The molecule has 11 aromatic rings. The lowest BCUT2D eigenvalue weighted by atomic mass is 9.75. The third-order valence-electron chi connectivity index (χ3n) is 13.0. The van der Waals surface area contributed by atoms with Gasteiger partial charge in [0.05, 0.1) is 0 Å². The second-order valence-electron chi connectivity index (χ2n) is 17.3. The summed E-state index contributed by atoms with van der Waals surface area (Å²) in [5.74, 6) is 1.78. The van der Waals surface area contributed by atoms with Crippen LogP contribution in [-0.4, -0.2) is 15.0 Å². The van der Waals surface area contributed by atoms with Crippen LogP contribution in [0.25, 0.3) is 89.8 Å². The van der Waals surface area contributed by atoms with Crippen molar-refractivity contribution in [2.24, 2.45) is 0 Å². The van der Waals surface area contributed by atoms with Crippen LogP contribution in [0.1, 0.15) is 16.7 Å². The summed E-state index contributed by atoms with van der Waals surface area (Å²) in [7, 11) is 0. The lowest BCUT2D eigenvalue weighted by molar-refractivity contribution is 0.152. The van der Waals surface area contributed by atoms with Gasteiger partial charge in [0.25, 0.3) is 0 Å². The smallest absolute Gasteiger partial charge is 0.185 e. The topological polar surface area (TPSA) is 47.9 Å². The minimum Gasteiger partial charge on any atom is -0.472 e. The maximum absolute atomic E-state index is 15.7. The summed E-state index contributed by atoms with van der Waals surface area (Å²) in [6.07, 6.45) is 0. The number of halogens is 1. The molecule has 0 amide bonds. The summed E-state index contributed by atoms with van der Waals surface area (Å²) in [6.45, 7) is 0. The van der Waals surface area contributed by atoms with Gasteiger partial charge in [0.1, 0.15) is 11.6 Å². The maximum Gasteiger partial charge on any atom is 0.185 e. The van der Waals surface area contributed by atoms with E-state index in [-0.39, 0.29) is 5.82 Å². The highest BCUT2D eigenvalue weighted by molar-refractivity contribution is 5.85. The second-order valence-corrected chi connectivity index (χ2v) is 17.3. The number of rotatable bonds is 9. The summed E-state index contributed by atoms with van der Waals surface area (Å²) in [5, 5.41) is 0. The van der Waals surface area contributed by atoms with Gasteiger partial charge >= 0.3 is 0 Å². The molecule has 326 valence electrons. The first-order valence-corrected chi connectivity index (χ1v) is 23.1. The highest BCUT2D eigenvalue weighted by atomic mass is 19.1. The first-order valence-electron chi connectivity index (χ1n) is 23.1. The van der Waals surface area contributed by atoms with E-state index < -0.39 is 5.60 Å². The minimum absolute atomic E-state index is 0.341. The number of benzene rings is 10. The van der Waals surface area contributed by atoms with Gasteiger partial charge in [0, 0.05) is 38.9 Å². The molecule has 5 heteroatoms. The Bertz CT molecular complexity index is 3330. The fourth-order valence-electron chi connectivity index (χ4n) is 9.64. The van der Waals surface area contributed by atoms with Crippen molar-refractivity contribution in [1.82, 2.24) is 15.0 Å². The van der Waals surface area contributed by atoms with E-state index >= 15 is 4.39 Å². The van der Waals surface area contributed by atoms with Crippen molar-refractivity contribution in [3.8, 4) is 95.5 Å². The van der Waals surface area contributed by atoms with Crippen LogP contribution in [0.4, 0.5) is 4.39 Å². The van der Waals surface area contributed by atoms with Crippen molar-refractivity contribution < 1.29 is 9.13 Å². The summed E-state index contributed by atoms with van der Waals surface area (Å²) in [5.41, 5.74) is 14.0. The largest absolute Gasteiger partial charge is 0.472 e. The molecule has 0 saturated heterocycles. The van der Waals surface area contributed by atoms with Crippen LogP contribution in [-0.2, 0) is 5.60 Å². The molecule has 0 atom stereocenters. The molecule has 1 aromatic heterocycles. The average molecular weight is 888 g/mol. The number of ether oxygens (including phenoxy) is 1. The zero-order valence-electron chi connectivity index (χ0n) is 37.4. The van der Waals surface area contributed by atoms with Gasteiger partial charge in [0.15, 0.2) is 23.1 Å². The molecule has 0 bridgehead atoms. The van der Waals surface area contributed by atoms with Gasteiger partial charge in [0.2, 0.25) is 0 Å². The highest BCUT2D eigenvalue weighted by Crippen LogP contribution is 2.52. The molecule has 10 aromatic carbocycles. The molecular weight excluding hydrogens is 846 g/mol. The first kappa shape index (κ1) is 41.4. The summed E-state index contributed by atoms with van der Waals surface area (Å²) in [4.78, 5) is 16.0. The predicted octanol–water partition coefficient (Wildman–Crippen LogP) is 16.0. The van der Waals surface area contributed by atoms with E-state index in [1.54, 1.807) is 6.07 Å². The summed E-state index contributed by atoms with van der Waals surface area (Å²) >= 11 is 0. The van der Waals surface area contributed by atoms with E-state index in [9.17, 15) is 0 Å². The van der Waals surface area contributed by atoms with Crippen LogP contribution < -0.4 is 4.74 Å². The van der Waals surface area contributed by atoms with Crippen LogP contribution in [0.5, 0.6) is 5.75 Å². The van der Waals surface area contributed by atoms with Crippen molar-refractivity contribution in [3.05, 3.63) is 277 Å². The molecule has 1 aliphatic heterocycles. The Balaban J connectivity index is 1.09. The van der Waals surface area contributed by atoms with Crippen molar-refractivity contribution in [2.75, 3.05) is 0 Å². The zero-order chi connectivity index (χ0) is 46.2. The van der Waals surface area contributed by atoms with Crippen LogP contribution >= 0.6 is 0 Å². The van der Waals surface area contributed by atoms with Crippen molar-refractivity contribution in [2.45, 2.75) is 5.60 Å². The number of aromatic nitrogens is 3. The van der Waals surface area contributed by atoms with Gasteiger partial charge in [-0.1, -0.05) is 188 Å². The molecule has 0 fully saturated rings. The molecule has 0 spiro atoms. The molecule has 0 unspecified atom stereocenters. The summed E-state index contributed by atoms with van der Waals surface area (Å²) < 4.78 is 23.0. The second kappa shape index (κ2) is 17.6. The van der Waals surface area contributed by atoms with Crippen LogP contribution in [0, 0.1) is 5.82 Å². The normalized spacial score (nSPS) is 12.4. The molecule has 12 rings (SSSR count). The summed E-state index contributed by atoms with van der Waals surface area (Å²) in [6, 6.07) is 85.9. The molecule has 2 heterocycles. The van der Waals surface area contributed by atoms with Gasteiger partial charge in [-0.2, -0.15) is 0 Å². The molecule has 0 aliphatic carbocycles. The quantitative estimate of drug-likeness (QED) is 0.145. The van der Waals surface area contributed by atoms with Crippen molar-refractivity contribution in [3.63, 3.8) is 0 Å². The highest BCUT2D eigenvalue weighted by Gasteiger charge is 2.44. The van der Waals surface area contributed by atoms with E-state index in [4.69, 9.17) is 19.7 Å². The molecular formula is C64H42FN3O. The van der Waals surface area contributed by atoms with Gasteiger partial charge in [-0.05, 0) is 117 Å². The van der Waals surface area contributed by atoms with Gasteiger partial charge in [-0.3, -0.25) is 0 Å². The Kier molecular flexibility index (Phi) is 10.6. The van der Waals surface area contributed by atoms with Crippen molar-refractivity contribution >= 4 is 0 Å². The standard InChI is InChI=1S/C64H42FN3O/c65-56-32-33-59-57(42-56)58-41-47(31-34-60(58)69-64(59,54-27-15-5-16-28-54)55-29-17-6-18-30-55)61-66-62(52-37-48(43-19-7-1-8-20-43)35-49(38-52)44-21-9-2-10-22-44)68-63(67-61)53-39-50(45-23-11-3-12-24-45)36-51(40-53)46-25-13-4-14-26-46/h1-42H. The number of nitrogens with zero attached hydrogens (tertiary/aromatic N) is 3. The number of hydrogen-bond acceptors (Lipinski definition) is 4. The Morgan fingerprint density at radius 2 is 0.652 bits per heavy atom. The monoisotopic (exact) mass is 887 g/mol. The molecule has 0 N–H and O–H groups in total. The Morgan fingerprint density at radius 1 is 0.290 bits per heavy atom. The molecule has 69 heavy (non-hydrogen) atoms. The fourth-order valence-corrected chi connectivity index (χ4v) is 9.64. The van der Waals surface area contributed by atoms with Gasteiger partial charge in [-0.25, -0.2) is 19.3 Å². The van der Waals surface area contributed by atoms with Gasteiger partial charge < -0.3 is 4.74 Å². The first-order chi connectivity index (χ1) is 34.1. The Hall–Kier alpha value is -9.06. The average Bonchev–Trinajstić information content (AvgIpc) is 3.43. The van der Waals surface area contributed by atoms with Crippen molar-refractivity contribution in [1.29, 1.82) is 0 Å².